The molecule has 132 valence electrons. The lowest BCUT2D eigenvalue weighted by Gasteiger charge is -2.17. The fourth-order valence-corrected chi connectivity index (χ4v) is 3.56. The first-order valence-electron chi connectivity index (χ1n) is 8.29. The monoisotopic (exact) mass is 364 g/mol. The van der Waals surface area contributed by atoms with E-state index in [4.69, 9.17) is 4.74 Å². The minimum Gasteiger partial charge on any atom is -0.481 e. The number of nitrogens with zero attached hydrogens (tertiary/aromatic N) is 1. The highest BCUT2D eigenvalue weighted by Gasteiger charge is 2.21. The van der Waals surface area contributed by atoms with E-state index in [1.165, 1.54) is 0 Å². The van der Waals surface area contributed by atoms with Gasteiger partial charge in [0.2, 0.25) is 11.8 Å². The molecular formula is C21H20N2O2S. The Bertz CT molecular complexity index is 841. The van der Waals surface area contributed by atoms with Crippen LogP contribution in [0, 0.1) is 0 Å². The van der Waals surface area contributed by atoms with Crippen LogP contribution < -0.4 is 10.1 Å². The second-order valence-electron chi connectivity index (χ2n) is 5.65. The number of ether oxygens (including phenoxy) is 1. The normalized spacial score (nSPS) is 11.6. The molecule has 4 nitrogen and oxygen atoms in total. The summed E-state index contributed by atoms with van der Waals surface area (Å²) in [4.78, 5) is 18.0. The molecule has 0 saturated heterocycles. The van der Waals surface area contributed by atoms with Crippen LogP contribution in [0.15, 0.2) is 83.9 Å². The first-order chi connectivity index (χ1) is 12.8. The van der Waals surface area contributed by atoms with Crippen LogP contribution in [-0.4, -0.2) is 18.0 Å². The van der Waals surface area contributed by atoms with E-state index >= 15 is 0 Å². The largest absolute Gasteiger partial charge is 0.481 e. The Hall–Kier alpha value is -2.79. The molecule has 3 rings (SSSR count). The van der Waals surface area contributed by atoms with Crippen LogP contribution in [0.4, 0.5) is 0 Å². The molecule has 0 bridgehead atoms. The van der Waals surface area contributed by atoms with Gasteiger partial charge in [0.15, 0.2) is 0 Å². The van der Waals surface area contributed by atoms with Crippen molar-refractivity contribution in [1.29, 1.82) is 0 Å². The Balaban J connectivity index is 1.74. The number of hydrogen-bond donors (Lipinski definition) is 1. The van der Waals surface area contributed by atoms with Crippen molar-refractivity contribution in [3.8, 4) is 5.88 Å². The molecule has 0 aliphatic carbocycles. The van der Waals surface area contributed by atoms with Crippen LogP contribution in [0.2, 0.25) is 0 Å². The third-order valence-electron chi connectivity index (χ3n) is 3.81. The smallest absolute Gasteiger partial charge is 0.238 e. The van der Waals surface area contributed by atoms with Gasteiger partial charge in [-0.3, -0.25) is 4.79 Å². The van der Waals surface area contributed by atoms with E-state index < -0.39 is 0 Å². The second kappa shape index (κ2) is 9.06. The second-order valence-corrected chi connectivity index (χ2v) is 6.82. The molecular weight excluding hydrogens is 344 g/mol. The van der Waals surface area contributed by atoms with Crippen LogP contribution in [-0.2, 0) is 11.3 Å². The molecule has 1 aromatic heterocycles. The number of aromatic nitrogens is 1. The molecule has 0 fully saturated rings. The molecule has 0 spiro atoms. The van der Waals surface area contributed by atoms with Crippen molar-refractivity contribution >= 4 is 17.7 Å². The molecule has 3 aromatic rings. The zero-order chi connectivity index (χ0) is 18.2. The number of amides is 1. The van der Waals surface area contributed by atoms with Gasteiger partial charge in [-0.05, 0) is 29.3 Å². The van der Waals surface area contributed by atoms with Gasteiger partial charge in [-0.25, -0.2) is 4.98 Å². The summed E-state index contributed by atoms with van der Waals surface area (Å²) in [7, 11) is 1.58. The summed E-state index contributed by atoms with van der Waals surface area (Å²) in [5.41, 5.74) is 1.92. The summed E-state index contributed by atoms with van der Waals surface area (Å²) in [6.07, 6.45) is 1.67. The summed E-state index contributed by atoms with van der Waals surface area (Å²) in [5, 5.41) is 2.71. The minimum absolute atomic E-state index is 0.0270. The van der Waals surface area contributed by atoms with E-state index in [2.05, 4.69) is 10.3 Å². The third kappa shape index (κ3) is 4.86. The van der Waals surface area contributed by atoms with Crippen molar-refractivity contribution in [3.05, 3.63) is 90.1 Å². The fourth-order valence-electron chi connectivity index (χ4n) is 2.49. The van der Waals surface area contributed by atoms with E-state index in [1.54, 1.807) is 25.1 Å². The highest BCUT2D eigenvalue weighted by molar-refractivity contribution is 8.00. The number of methoxy groups -OCH3 is 1. The summed E-state index contributed by atoms with van der Waals surface area (Å²) < 4.78 is 5.13. The minimum atomic E-state index is -0.317. The first-order valence-corrected chi connectivity index (χ1v) is 9.17. The maximum Gasteiger partial charge on any atom is 0.238 e. The molecule has 26 heavy (non-hydrogen) atoms. The predicted octanol–water partition coefficient (Wildman–Crippen LogP) is 4.24. The summed E-state index contributed by atoms with van der Waals surface area (Å²) >= 11 is 1.54. The average Bonchev–Trinajstić information content (AvgIpc) is 2.72. The van der Waals surface area contributed by atoms with Crippen LogP contribution in [0.3, 0.4) is 0 Å². The van der Waals surface area contributed by atoms with Crippen molar-refractivity contribution < 1.29 is 9.53 Å². The van der Waals surface area contributed by atoms with Gasteiger partial charge in [-0.2, -0.15) is 0 Å². The molecule has 1 amide bonds. The van der Waals surface area contributed by atoms with E-state index in [9.17, 15) is 4.79 Å². The third-order valence-corrected chi connectivity index (χ3v) is 5.08. The van der Waals surface area contributed by atoms with Gasteiger partial charge in [0, 0.05) is 23.7 Å². The van der Waals surface area contributed by atoms with Gasteiger partial charge in [0.05, 0.1) is 7.11 Å². The number of thioether (sulfide) groups is 1. The lowest BCUT2D eigenvalue weighted by atomic mass is 10.1. The number of pyridine rings is 1. The molecule has 2 aromatic carbocycles. The van der Waals surface area contributed by atoms with Crippen molar-refractivity contribution in [1.82, 2.24) is 10.3 Å². The number of carbonyl (C=O) groups excluding carboxylic acids is 1. The van der Waals surface area contributed by atoms with E-state index in [1.807, 2.05) is 72.8 Å². The standard InChI is InChI=1S/C21H20N2O2S/c1-25-19-14-16(12-13-22-19)15-23-21(24)20(17-8-4-2-5-9-17)26-18-10-6-3-7-11-18/h2-14,20H,15H2,1H3,(H,23,24). The molecule has 0 radical (unpaired) electrons. The molecule has 1 N–H and O–H groups in total. The summed E-state index contributed by atoms with van der Waals surface area (Å²) in [6.45, 7) is 0.427. The van der Waals surface area contributed by atoms with Crippen LogP contribution in [0.1, 0.15) is 16.4 Å². The molecule has 1 unspecified atom stereocenters. The predicted molar refractivity (Wildman–Crippen MR) is 104 cm³/mol. The average molecular weight is 364 g/mol. The van der Waals surface area contributed by atoms with Gasteiger partial charge in [0.1, 0.15) is 5.25 Å². The van der Waals surface area contributed by atoms with Gasteiger partial charge in [-0.15, -0.1) is 11.8 Å². The van der Waals surface area contributed by atoms with Crippen molar-refractivity contribution in [2.75, 3.05) is 7.11 Å². The number of benzene rings is 2. The lowest BCUT2D eigenvalue weighted by Crippen LogP contribution is -2.27. The zero-order valence-corrected chi connectivity index (χ0v) is 15.3. The molecule has 0 aliphatic rings. The first kappa shape index (κ1) is 18.0. The van der Waals surface area contributed by atoms with Gasteiger partial charge in [0.25, 0.3) is 0 Å². The van der Waals surface area contributed by atoms with Gasteiger partial charge < -0.3 is 10.1 Å². The summed E-state index contributed by atoms with van der Waals surface area (Å²) in [5.74, 6) is 0.510. The Morgan fingerprint density at radius 3 is 2.46 bits per heavy atom. The molecule has 5 heteroatoms. The fraction of sp³-hybridized carbons (Fsp3) is 0.143. The number of carbonyl (C=O) groups is 1. The molecule has 0 aliphatic heterocycles. The van der Waals surface area contributed by atoms with Crippen LogP contribution >= 0.6 is 11.8 Å². The van der Waals surface area contributed by atoms with Crippen LogP contribution in [0.25, 0.3) is 0 Å². The van der Waals surface area contributed by atoms with E-state index in [0.29, 0.717) is 12.4 Å². The van der Waals surface area contributed by atoms with E-state index in [-0.39, 0.29) is 11.2 Å². The summed E-state index contributed by atoms with van der Waals surface area (Å²) in [6, 6.07) is 23.5. The zero-order valence-electron chi connectivity index (χ0n) is 14.5. The maximum absolute atomic E-state index is 12.9. The number of hydrogen-bond acceptors (Lipinski definition) is 4. The Labute approximate surface area is 157 Å². The van der Waals surface area contributed by atoms with Gasteiger partial charge in [-0.1, -0.05) is 48.5 Å². The van der Waals surface area contributed by atoms with Crippen molar-refractivity contribution in [2.24, 2.45) is 0 Å². The highest BCUT2D eigenvalue weighted by Crippen LogP contribution is 2.35. The lowest BCUT2D eigenvalue weighted by molar-refractivity contribution is -0.120. The van der Waals surface area contributed by atoms with Crippen molar-refractivity contribution in [2.45, 2.75) is 16.7 Å². The van der Waals surface area contributed by atoms with Crippen molar-refractivity contribution in [3.63, 3.8) is 0 Å². The number of nitrogens with one attached hydrogen (secondary N) is 1. The highest BCUT2D eigenvalue weighted by atomic mass is 32.2. The maximum atomic E-state index is 12.9. The molecule has 1 atom stereocenters. The van der Waals surface area contributed by atoms with E-state index in [0.717, 1.165) is 16.0 Å². The number of rotatable bonds is 7. The molecule has 0 saturated carbocycles. The quantitative estimate of drug-likeness (QED) is 0.637. The Kier molecular flexibility index (Phi) is 6.28. The Morgan fingerprint density at radius 2 is 1.77 bits per heavy atom. The SMILES string of the molecule is COc1cc(CNC(=O)C(Sc2ccccc2)c2ccccc2)ccn1. The van der Waals surface area contributed by atoms with Crippen LogP contribution in [0.5, 0.6) is 5.88 Å². The molecule has 1 heterocycles. The topological polar surface area (TPSA) is 51.2 Å². The Morgan fingerprint density at radius 1 is 1.08 bits per heavy atom. The van der Waals surface area contributed by atoms with Gasteiger partial charge >= 0.3 is 0 Å².